The summed E-state index contributed by atoms with van der Waals surface area (Å²) in [6.07, 6.45) is 7.19. The molecular formula is C29H27F2N3O2. The minimum absolute atomic E-state index is 0.321. The third-order valence-electron chi connectivity index (χ3n) is 5.93. The molecule has 0 saturated carbocycles. The van der Waals surface area contributed by atoms with Crippen molar-refractivity contribution in [2.45, 2.75) is 12.8 Å². The van der Waals surface area contributed by atoms with Gasteiger partial charge in [-0.3, -0.25) is 0 Å². The maximum atomic E-state index is 14.6. The Bertz CT molecular complexity index is 1270. The van der Waals surface area contributed by atoms with Crippen LogP contribution in [0.2, 0.25) is 0 Å². The lowest BCUT2D eigenvalue weighted by Gasteiger charge is -2.26. The van der Waals surface area contributed by atoms with Crippen molar-refractivity contribution in [2.75, 3.05) is 19.9 Å². The van der Waals surface area contributed by atoms with E-state index in [2.05, 4.69) is 27.7 Å². The van der Waals surface area contributed by atoms with Crippen molar-refractivity contribution < 1.29 is 18.3 Å². The summed E-state index contributed by atoms with van der Waals surface area (Å²) >= 11 is 0. The first-order valence-corrected chi connectivity index (χ1v) is 11.8. The molecule has 1 unspecified atom stereocenters. The number of ether oxygens (including phenoxy) is 2. The molecule has 2 N–H and O–H groups in total. The molecule has 1 atom stereocenters. The van der Waals surface area contributed by atoms with Crippen LogP contribution in [0.3, 0.4) is 0 Å². The van der Waals surface area contributed by atoms with Gasteiger partial charge < -0.3 is 25.0 Å². The zero-order chi connectivity index (χ0) is 24.7. The van der Waals surface area contributed by atoms with Crippen LogP contribution in [0.5, 0.6) is 5.75 Å². The third-order valence-corrected chi connectivity index (χ3v) is 5.93. The van der Waals surface area contributed by atoms with Crippen molar-refractivity contribution in [1.29, 1.82) is 0 Å². The number of benzene rings is 3. The maximum Gasteiger partial charge on any atom is 0.147 e. The summed E-state index contributed by atoms with van der Waals surface area (Å²) < 4.78 is 39.8. The highest BCUT2D eigenvalue weighted by atomic mass is 19.1. The number of nitrogens with zero attached hydrogens (tertiary/aromatic N) is 1. The maximum absolute atomic E-state index is 14.6. The first-order valence-electron chi connectivity index (χ1n) is 11.8. The predicted octanol–water partition coefficient (Wildman–Crippen LogP) is 5.25. The van der Waals surface area contributed by atoms with Crippen LogP contribution in [0.15, 0.2) is 97.3 Å². The second-order valence-corrected chi connectivity index (χ2v) is 8.49. The van der Waals surface area contributed by atoms with Crippen LogP contribution in [0.4, 0.5) is 8.78 Å². The quantitative estimate of drug-likeness (QED) is 0.404. The molecular weight excluding hydrogens is 460 g/mol. The standard InChI is InChI=1S/C29H27F2N3O2/c30-23-8-11-25(27(31)18-23)26-12-13-28(33-29(26)22-4-2-1-3-5-22)36-17-16-35-24-9-6-21(7-10-24)19-34-15-14-32-20-34/h1-15,18,28,32-33H,16-17,19-20H2. The fraction of sp³-hybridized carbons (Fsp3) is 0.172. The van der Waals surface area contributed by atoms with Crippen LogP contribution < -0.4 is 15.4 Å². The van der Waals surface area contributed by atoms with E-state index in [-0.39, 0.29) is 0 Å². The van der Waals surface area contributed by atoms with E-state index in [0.717, 1.165) is 30.6 Å². The fourth-order valence-electron chi connectivity index (χ4n) is 4.16. The topological polar surface area (TPSA) is 45.8 Å². The molecule has 2 aliphatic heterocycles. The third kappa shape index (κ3) is 5.75. The van der Waals surface area contributed by atoms with Crippen LogP contribution >= 0.6 is 0 Å². The Morgan fingerprint density at radius 2 is 1.78 bits per heavy atom. The van der Waals surface area contributed by atoms with Gasteiger partial charge in [0.25, 0.3) is 0 Å². The normalized spacial score (nSPS) is 16.7. The molecule has 0 bridgehead atoms. The summed E-state index contributed by atoms with van der Waals surface area (Å²) in [6, 6.07) is 21.2. The van der Waals surface area contributed by atoms with Crippen molar-refractivity contribution >= 4 is 11.3 Å². The number of dihydropyridines is 1. The van der Waals surface area contributed by atoms with Gasteiger partial charge in [-0.05, 0) is 41.5 Å². The second kappa shape index (κ2) is 11.1. The zero-order valence-corrected chi connectivity index (χ0v) is 19.7. The fourth-order valence-corrected chi connectivity index (χ4v) is 4.16. The van der Waals surface area contributed by atoms with Crippen LogP contribution in [0.1, 0.15) is 16.7 Å². The first-order chi connectivity index (χ1) is 17.7. The molecule has 184 valence electrons. The van der Waals surface area contributed by atoms with E-state index in [0.29, 0.717) is 30.0 Å². The Morgan fingerprint density at radius 3 is 2.53 bits per heavy atom. The van der Waals surface area contributed by atoms with Crippen LogP contribution in [-0.2, 0) is 11.3 Å². The average molecular weight is 488 g/mol. The molecule has 0 aliphatic carbocycles. The van der Waals surface area contributed by atoms with Crippen LogP contribution in [0.25, 0.3) is 11.3 Å². The smallest absolute Gasteiger partial charge is 0.147 e. The highest BCUT2D eigenvalue weighted by Crippen LogP contribution is 2.31. The van der Waals surface area contributed by atoms with Crippen molar-refractivity contribution in [3.05, 3.63) is 126 Å². The largest absolute Gasteiger partial charge is 0.491 e. The van der Waals surface area contributed by atoms with Gasteiger partial charge in [-0.25, -0.2) is 8.78 Å². The van der Waals surface area contributed by atoms with E-state index >= 15 is 0 Å². The lowest BCUT2D eigenvalue weighted by Crippen LogP contribution is -2.32. The van der Waals surface area contributed by atoms with Crippen molar-refractivity contribution in [3.8, 4) is 5.75 Å². The van der Waals surface area contributed by atoms with Crippen LogP contribution in [-0.4, -0.2) is 31.0 Å². The number of rotatable bonds is 9. The highest BCUT2D eigenvalue weighted by molar-refractivity contribution is 5.96. The van der Waals surface area contributed by atoms with Gasteiger partial charge in [0, 0.05) is 36.1 Å². The number of halogens is 2. The van der Waals surface area contributed by atoms with E-state index in [1.165, 1.54) is 17.7 Å². The molecule has 0 amide bonds. The van der Waals surface area contributed by atoms with Crippen molar-refractivity contribution in [3.63, 3.8) is 0 Å². The number of allylic oxidation sites excluding steroid dienone is 2. The summed E-state index contributed by atoms with van der Waals surface area (Å²) in [7, 11) is 0. The van der Waals surface area contributed by atoms with E-state index in [4.69, 9.17) is 9.47 Å². The van der Waals surface area contributed by atoms with E-state index in [1.54, 1.807) is 0 Å². The zero-order valence-electron chi connectivity index (χ0n) is 19.7. The van der Waals surface area contributed by atoms with Gasteiger partial charge in [0.1, 0.15) is 30.2 Å². The summed E-state index contributed by atoms with van der Waals surface area (Å²) in [5, 5.41) is 6.50. The molecule has 5 rings (SSSR count). The minimum atomic E-state index is -0.614. The summed E-state index contributed by atoms with van der Waals surface area (Å²) in [5.41, 5.74) is 3.76. The van der Waals surface area contributed by atoms with Gasteiger partial charge in [-0.1, -0.05) is 48.5 Å². The molecule has 0 fully saturated rings. The minimum Gasteiger partial charge on any atom is -0.491 e. The molecule has 5 nitrogen and oxygen atoms in total. The molecule has 36 heavy (non-hydrogen) atoms. The molecule has 0 aromatic heterocycles. The Labute approximate surface area is 209 Å². The van der Waals surface area contributed by atoms with Gasteiger partial charge in [0.15, 0.2) is 0 Å². The van der Waals surface area contributed by atoms with E-state index in [1.807, 2.05) is 67.0 Å². The van der Waals surface area contributed by atoms with E-state index < -0.39 is 17.9 Å². The van der Waals surface area contributed by atoms with Crippen molar-refractivity contribution in [1.82, 2.24) is 15.5 Å². The number of hydrogen-bond donors (Lipinski definition) is 2. The van der Waals surface area contributed by atoms with Gasteiger partial charge in [0.2, 0.25) is 0 Å². The monoisotopic (exact) mass is 487 g/mol. The second-order valence-electron chi connectivity index (χ2n) is 8.49. The Balaban J connectivity index is 1.18. The summed E-state index contributed by atoms with van der Waals surface area (Å²) in [6.45, 7) is 2.40. The van der Waals surface area contributed by atoms with Crippen LogP contribution in [0, 0.1) is 11.6 Å². The van der Waals surface area contributed by atoms with E-state index in [9.17, 15) is 8.78 Å². The average Bonchev–Trinajstić information content (AvgIpc) is 3.41. The molecule has 3 aromatic carbocycles. The van der Waals surface area contributed by atoms with Crippen molar-refractivity contribution in [2.24, 2.45) is 0 Å². The lowest BCUT2D eigenvalue weighted by molar-refractivity contribution is 0.0509. The summed E-state index contributed by atoms with van der Waals surface area (Å²) in [4.78, 5) is 2.18. The molecule has 2 heterocycles. The lowest BCUT2D eigenvalue weighted by atomic mass is 9.96. The molecule has 0 saturated heterocycles. The number of nitrogens with one attached hydrogen (secondary N) is 2. The Morgan fingerprint density at radius 1 is 0.944 bits per heavy atom. The SMILES string of the molecule is Fc1ccc(C2=C(c3ccccc3)NC(OCCOc3ccc(CN4C=CNC4)cc3)C=C2)c(F)c1. The van der Waals surface area contributed by atoms with Gasteiger partial charge in [0.05, 0.1) is 19.0 Å². The number of hydrogen-bond acceptors (Lipinski definition) is 5. The Kier molecular flexibility index (Phi) is 7.28. The summed E-state index contributed by atoms with van der Waals surface area (Å²) in [5.74, 6) is -0.441. The molecule has 2 aliphatic rings. The van der Waals surface area contributed by atoms with Gasteiger partial charge in [-0.2, -0.15) is 0 Å². The molecule has 7 heteroatoms. The van der Waals surface area contributed by atoms with Gasteiger partial charge in [-0.15, -0.1) is 0 Å². The molecule has 3 aromatic rings. The molecule has 0 spiro atoms. The molecule has 0 radical (unpaired) electrons. The Hall–Kier alpha value is -4.10. The van der Waals surface area contributed by atoms with Gasteiger partial charge >= 0.3 is 0 Å². The highest BCUT2D eigenvalue weighted by Gasteiger charge is 2.20. The predicted molar refractivity (Wildman–Crippen MR) is 136 cm³/mol. The first kappa shape index (κ1) is 23.6.